The lowest BCUT2D eigenvalue weighted by molar-refractivity contribution is -0.120. The average molecular weight is 476 g/mol. The van der Waals surface area contributed by atoms with E-state index >= 15 is 0 Å². The second kappa shape index (κ2) is 10.4. The van der Waals surface area contributed by atoms with Crippen LogP contribution < -0.4 is 10.6 Å². The summed E-state index contributed by atoms with van der Waals surface area (Å²) in [7, 11) is -3.68. The van der Waals surface area contributed by atoms with E-state index < -0.39 is 16.3 Å². The fourth-order valence-electron chi connectivity index (χ4n) is 5.13. The highest BCUT2D eigenvalue weighted by Crippen LogP contribution is 2.35. The predicted octanol–water partition coefficient (Wildman–Crippen LogP) is 2.42. The Kier molecular flexibility index (Phi) is 7.51. The zero-order valence-corrected chi connectivity index (χ0v) is 19.7. The second-order valence-electron chi connectivity index (χ2n) is 9.27. The van der Waals surface area contributed by atoms with Crippen molar-refractivity contribution in [2.75, 3.05) is 19.6 Å². The first-order chi connectivity index (χ1) is 15.9. The Hall–Kier alpha value is -2.23. The SMILES string of the molecule is C=CC(=O)NC1CC2CN(S(=O)(=O)c3ccc(C(=O)NCCC4CCCCC4)cc3)CC2O1. The number of amides is 2. The first kappa shape index (κ1) is 23.9. The molecule has 2 heterocycles. The molecule has 3 atom stereocenters. The highest BCUT2D eigenvalue weighted by molar-refractivity contribution is 7.89. The van der Waals surface area contributed by atoms with E-state index in [4.69, 9.17) is 4.74 Å². The number of nitrogens with zero attached hydrogens (tertiary/aromatic N) is 1. The molecule has 3 unspecified atom stereocenters. The molecule has 0 bridgehead atoms. The number of fused-ring (bicyclic) bond motifs is 1. The van der Waals surface area contributed by atoms with Gasteiger partial charge in [-0.3, -0.25) is 9.59 Å². The molecule has 1 saturated carbocycles. The van der Waals surface area contributed by atoms with Gasteiger partial charge in [0.15, 0.2) is 0 Å². The van der Waals surface area contributed by atoms with Crippen LogP contribution in [0.25, 0.3) is 0 Å². The minimum absolute atomic E-state index is 0.0316. The average Bonchev–Trinajstić information content (AvgIpc) is 3.39. The van der Waals surface area contributed by atoms with Gasteiger partial charge in [0.25, 0.3) is 5.91 Å². The van der Waals surface area contributed by atoms with E-state index in [1.165, 1.54) is 54.6 Å². The van der Waals surface area contributed by atoms with Gasteiger partial charge >= 0.3 is 0 Å². The van der Waals surface area contributed by atoms with Crippen molar-refractivity contribution < 1.29 is 22.7 Å². The lowest BCUT2D eigenvalue weighted by Gasteiger charge is -2.21. The fraction of sp³-hybridized carbons (Fsp3) is 0.583. The van der Waals surface area contributed by atoms with E-state index in [0.717, 1.165) is 6.42 Å². The molecular formula is C24H33N3O5S. The van der Waals surface area contributed by atoms with Crippen molar-refractivity contribution in [1.29, 1.82) is 0 Å². The van der Waals surface area contributed by atoms with E-state index in [-0.39, 0.29) is 35.3 Å². The van der Waals surface area contributed by atoms with Gasteiger partial charge in [-0.2, -0.15) is 4.31 Å². The van der Waals surface area contributed by atoms with Gasteiger partial charge in [0.1, 0.15) is 6.23 Å². The van der Waals surface area contributed by atoms with Crippen molar-refractivity contribution in [3.8, 4) is 0 Å². The summed E-state index contributed by atoms with van der Waals surface area (Å²) in [6.45, 7) is 4.66. The molecule has 8 nitrogen and oxygen atoms in total. The first-order valence-corrected chi connectivity index (χ1v) is 13.3. The van der Waals surface area contributed by atoms with E-state index in [1.54, 1.807) is 12.1 Å². The molecule has 33 heavy (non-hydrogen) atoms. The molecule has 180 valence electrons. The molecule has 9 heteroatoms. The number of hydrogen-bond donors (Lipinski definition) is 2. The van der Waals surface area contributed by atoms with Crippen LogP contribution in [0.4, 0.5) is 0 Å². The number of sulfonamides is 1. The summed E-state index contributed by atoms with van der Waals surface area (Å²) in [5.41, 5.74) is 0.458. The molecule has 2 amide bonds. The van der Waals surface area contributed by atoms with Crippen LogP contribution in [-0.4, -0.2) is 56.5 Å². The molecule has 0 aromatic heterocycles. The van der Waals surface area contributed by atoms with Gasteiger partial charge in [-0.05, 0) is 49.1 Å². The van der Waals surface area contributed by atoms with Crippen LogP contribution in [0.1, 0.15) is 55.3 Å². The van der Waals surface area contributed by atoms with Crippen LogP contribution in [-0.2, 0) is 19.6 Å². The monoisotopic (exact) mass is 475 g/mol. The summed E-state index contributed by atoms with van der Waals surface area (Å²) >= 11 is 0. The minimum atomic E-state index is -3.68. The number of nitrogens with one attached hydrogen (secondary N) is 2. The Morgan fingerprint density at radius 1 is 1.12 bits per heavy atom. The van der Waals surface area contributed by atoms with Crippen molar-refractivity contribution in [3.05, 3.63) is 42.5 Å². The lowest BCUT2D eigenvalue weighted by Crippen LogP contribution is -2.37. The zero-order chi connectivity index (χ0) is 23.4. The standard InChI is InChI=1S/C24H33N3O5S/c1-2-22(28)26-23-14-19-15-27(16-21(19)32-23)33(30,31)20-10-8-18(9-11-20)24(29)25-13-12-17-6-4-3-5-7-17/h2,8-11,17,19,21,23H,1,3-7,12-16H2,(H,25,29)(H,26,28). The van der Waals surface area contributed by atoms with Gasteiger partial charge < -0.3 is 15.4 Å². The largest absolute Gasteiger partial charge is 0.354 e. The third kappa shape index (κ3) is 5.65. The van der Waals surface area contributed by atoms with Gasteiger partial charge in [-0.1, -0.05) is 38.7 Å². The van der Waals surface area contributed by atoms with E-state index in [0.29, 0.717) is 31.0 Å². The van der Waals surface area contributed by atoms with Crippen LogP contribution in [0.3, 0.4) is 0 Å². The molecule has 2 saturated heterocycles. The van der Waals surface area contributed by atoms with Gasteiger partial charge in [0, 0.05) is 31.1 Å². The van der Waals surface area contributed by atoms with E-state index in [1.807, 2.05) is 0 Å². The highest BCUT2D eigenvalue weighted by Gasteiger charge is 2.46. The van der Waals surface area contributed by atoms with Crippen molar-refractivity contribution in [2.24, 2.45) is 11.8 Å². The predicted molar refractivity (Wildman–Crippen MR) is 124 cm³/mol. The van der Waals surface area contributed by atoms with E-state index in [9.17, 15) is 18.0 Å². The molecule has 3 aliphatic rings. The van der Waals surface area contributed by atoms with Crippen molar-refractivity contribution in [3.63, 3.8) is 0 Å². The third-order valence-electron chi connectivity index (χ3n) is 7.01. The number of rotatable bonds is 8. The summed E-state index contributed by atoms with van der Waals surface area (Å²) < 4.78 is 33.4. The molecule has 4 rings (SSSR count). The molecule has 1 aliphatic carbocycles. The molecule has 2 N–H and O–H groups in total. The van der Waals surface area contributed by atoms with Crippen molar-refractivity contribution in [1.82, 2.24) is 14.9 Å². The molecule has 3 fully saturated rings. The van der Waals surface area contributed by atoms with Crippen LogP contribution in [0.15, 0.2) is 41.8 Å². The summed E-state index contributed by atoms with van der Waals surface area (Å²) in [5, 5.41) is 5.66. The van der Waals surface area contributed by atoms with Crippen LogP contribution in [0.2, 0.25) is 0 Å². The van der Waals surface area contributed by atoms with Gasteiger partial charge in [-0.25, -0.2) is 8.42 Å². The summed E-state index contributed by atoms with van der Waals surface area (Å²) in [6.07, 6.45) is 8.47. The van der Waals surface area contributed by atoms with Crippen LogP contribution in [0, 0.1) is 11.8 Å². The number of carbonyl (C=O) groups excluding carboxylic acids is 2. The van der Waals surface area contributed by atoms with E-state index in [2.05, 4.69) is 17.2 Å². The van der Waals surface area contributed by atoms with Crippen LogP contribution >= 0.6 is 0 Å². The lowest BCUT2D eigenvalue weighted by atomic mass is 9.87. The highest BCUT2D eigenvalue weighted by atomic mass is 32.2. The maximum Gasteiger partial charge on any atom is 0.251 e. The normalized spacial score (nSPS) is 26.0. The zero-order valence-electron chi connectivity index (χ0n) is 18.9. The van der Waals surface area contributed by atoms with Gasteiger partial charge in [0.05, 0.1) is 11.0 Å². The quantitative estimate of drug-likeness (QED) is 0.562. The number of benzene rings is 1. The van der Waals surface area contributed by atoms with Crippen molar-refractivity contribution in [2.45, 2.75) is 62.2 Å². The Bertz CT molecular complexity index is 958. The Morgan fingerprint density at radius 2 is 1.85 bits per heavy atom. The molecule has 2 aliphatic heterocycles. The van der Waals surface area contributed by atoms with Gasteiger partial charge in [0.2, 0.25) is 15.9 Å². The molecular weight excluding hydrogens is 442 g/mol. The molecule has 1 aromatic carbocycles. The maximum atomic E-state index is 13.1. The summed E-state index contributed by atoms with van der Waals surface area (Å²) in [4.78, 5) is 24.1. The smallest absolute Gasteiger partial charge is 0.251 e. The summed E-state index contributed by atoms with van der Waals surface area (Å²) in [5.74, 6) is 0.252. The Balaban J connectivity index is 1.29. The molecule has 1 aromatic rings. The number of hydrogen-bond acceptors (Lipinski definition) is 5. The van der Waals surface area contributed by atoms with Crippen LogP contribution in [0.5, 0.6) is 0 Å². The number of ether oxygens (including phenoxy) is 1. The Labute approximate surface area is 195 Å². The fourth-order valence-corrected chi connectivity index (χ4v) is 6.64. The molecule has 0 radical (unpaired) electrons. The minimum Gasteiger partial charge on any atom is -0.354 e. The first-order valence-electron chi connectivity index (χ1n) is 11.8. The van der Waals surface area contributed by atoms with Crippen molar-refractivity contribution >= 4 is 21.8 Å². The topological polar surface area (TPSA) is 105 Å². The Morgan fingerprint density at radius 3 is 2.52 bits per heavy atom. The van der Waals surface area contributed by atoms with Gasteiger partial charge in [-0.15, -0.1) is 0 Å². The third-order valence-corrected chi connectivity index (χ3v) is 8.86. The second-order valence-corrected chi connectivity index (χ2v) is 11.2. The number of carbonyl (C=O) groups is 2. The summed E-state index contributed by atoms with van der Waals surface area (Å²) in [6, 6.07) is 6.12. The maximum absolute atomic E-state index is 13.1. The molecule has 0 spiro atoms.